The summed E-state index contributed by atoms with van der Waals surface area (Å²) in [6, 6.07) is 30.0. The van der Waals surface area contributed by atoms with Crippen molar-refractivity contribution < 1.29 is 0 Å². The summed E-state index contributed by atoms with van der Waals surface area (Å²) < 4.78 is 0. The predicted molar refractivity (Wildman–Crippen MR) is 193 cm³/mol. The Balaban J connectivity index is 0.000000909. The van der Waals surface area contributed by atoms with Gasteiger partial charge in [-0.15, -0.1) is 17.8 Å². The molecule has 3 aromatic rings. The Morgan fingerprint density at radius 1 is 0.364 bits per heavy atom. The molecule has 0 heterocycles. The lowest BCUT2D eigenvalue weighted by molar-refractivity contribution is 0.708. The summed E-state index contributed by atoms with van der Waals surface area (Å²) in [5.41, 5.74) is 3.15. The van der Waals surface area contributed by atoms with E-state index in [1.54, 1.807) is 0 Å². The van der Waals surface area contributed by atoms with Crippen LogP contribution in [-0.4, -0.2) is 0 Å². The average molecular weight is 577 g/mol. The van der Waals surface area contributed by atoms with Crippen LogP contribution in [0.2, 0.25) is 0 Å². The second-order valence-corrected chi connectivity index (χ2v) is 8.51. The standard InChI is InChI=1S/C27H24.C13H12.2C2H6/c1(2-4-6-8-10-14-20-26-22-16-12-17-23-26)3-5-7-9-11-15-21-27-24-18-13-19-25-27;1-2-3-4-5-7-10-13-11-8-6-9-12-13;2*1-2/h12-13,16-19,22-25H,1-5,10-11H2;6,8-9,11-12H,2,5H2,1H3;2*1-2H3. The Morgan fingerprint density at radius 2 is 0.682 bits per heavy atom. The number of benzene rings is 3. The van der Waals surface area contributed by atoms with Crippen molar-refractivity contribution in [1.82, 2.24) is 0 Å². The second-order valence-electron chi connectivity index (χ2n) is 8.51. The van der Waals surface area contributed by atoms with Gasteiger partial charge in [-0.3, -0.25) is 0 Å². The van der Waals surface area contributed by atoms with Crippen LogP contribution in [0.3, 0.4) is 0 Å². The van der Waals surface area contributed by atoms with Crippen molar-refractivity contribution in [3.8, 4) is 71.0 Å². The third-order valence-corrected chi connectivity index (χ3v) is 5.21. The van der Waals surface area contributed by atoms with Gasteiger partial charge in [0.25, 0.3) is 0 Å². The van der Waals surface area contributed by atoms with Crippen LogP contribution in [0.5, 0.6) is 0 Å². The summed E-state index contributed by atoms with van der Waals surface area (Å²) in [6.07, 6.45) is 8.20. The minimum absolute atomic E-state index is 0.643. The van der Waals surface area contributed by atoms with E-state index in [1.165, 1.54) is 6.42 Å². The molecule has 0 aromatic heterocycles. The molecule has 0 heteroatoms. The zero-order chi connectivity index (χ0) is 32.2. The summed E-state index contributed by atoms with van der Waals surface area (Å²) in [5, 5.41) is 0. The molecule has 0 amide bonds. The molecule has 0 nitrogen and oxygen atoms in total. The Hall–Kier alpha value is -4.98. The molecular weight excluding hydrogens is 528 g/mol. The molecule has 0 aliphatic heterocycles. The molecule has 0 saturated heterocycles. The topological polar surface area (TPSA) is 0 Å². The van der Waals surface area contributed by atoms with Gasteiger partial charge in [-0.25, -0.2) is 0 Å². The fourth-order valence-corrected chi connectivity index (χ4v) is 3.23. The van der Waals surface area contributed by atoms with Crippen LogP contribution in [0.4, 0.5) is 0 Å². The SMILES string of the molecule is C(#CCCCCCC#CCC#Cc1ccccc1)CC#Cc1ccccc1.CC.CC.CCC#CCC#Cc1ccccc1. The van der Waals surface area contributed by atoms with Crippen LogP contribution < -0.4 is 0 Å². The maximum Gasteiger partial charge on any atom is 0.0706 e. The van der Waals surface area contributed by atoms with E-state index < -0.39 is 0 Å². The summed E-state index contributed by atoms with van der Waals surface area (Å²) in [4.78, 5) is 0. The molecule has 0 spiro atoms. The summed E-state index contributed by atoms with van der Waals surface area (Å²) in [6.45, 7) is 10.0. The van der Waals surface area contributed by atoms with Crippen molar-refractivity contribution in [1.29, 1.82) is 0 Å². The molecule has 0 N–H and O–H groups in total. The number of hydrogen-bond donors (Lipinski definition) is 0. The lowest BCUT2D eigenvalue weighted by Gasteiger charge is -1.91. The Labute approximate surface area is 270 Å². The largest absolute Gasteiger partial charge is 0.103 e. The molecule has 0 unspecified atom stereocenters. The molecule has 0 atom stereocenters. The van der Waals surface area contributed by atoms with Gasteiger partial charge in [-0.2, -0.15) is 0 Å². The predicted octanol–water partition coefficient (Wildman–Crippen LogP) is 10.7. The molecular formula is C44H48. The quantitative estimate of drug-likeness (QED) is 0.214. The van der Waals surface area contributed by atoms with Gasteiger partial charge < -0.3 is 0 Å². The fraction of sp³-hybridized carbons (Fsp3) is 0.318. The fourth-order valence-electron chi connectivity index (χ4n) is 3.23. The van der Waals surface area contributed by atoms with E-state index in [0.29, 0.717) is 19.3 Å². The summed E-state index contributed by atoms with van der Waals surface area (Å²) in [7, 11) is 0. The molecule has 0 bridgehead atoms. The highest BCUT2D eigenvalue weighted by molar-refractivity contribution is 5.36. The minimum Gasteiger partial charge on any atom is -0.103 e. The molecule has 3 rings (SSSR count). The third kappa shape index (κ3) is 24.8. The first-order valence-electron chi connectivity index (χ1n) is 15.9. The molecule has 0 aliphatic rings. The zero-order valence-corrected chi connectivity index (χ0v) is 27.5. The van der Waals surface area contributed by atoms with Crippen molar-refractivity contribution >= 4 is 0 Å². The monoisotopic (exact) mass is 576 g/mol. The Bertz CT molecular complexity index is 1390. The number of unbranched alkanes of at least 4 members (excludes halogenated alkanes) is 4. The average Bonchev–Trinajstić information content (AvgIpc) is 3.10. The maximum atomic E-state index is 3.20. The minimum atomic E-state index is 0.643. The molecule has 224 valence electrons. The summed E-state index contributed by atoms with van der Waals surface area (Å²) in [5.74, 6) is 37.1. The van der Waals surface area contributed by atoms with Crippen molar-refractivity contribution in [2.45, 2.75) is 92.4 Å². The van der Waals surface area contributed by atoms with Crippen molar-refractivity contribution in [3.05, 3.63) is 108 Å². The van der Waals surface area contributed by atoms with Gasteiger partial charge in [0.1, 0.15) is 0 Å². The van der Waals surface area contributed by atoms with E-state index in [0.717, 1.165) is 48.8 Å². The van der Waals surface area contributed by atoms with Gasteiger partial charge in [0.2, 0.25) is 0 Å². The van der Waals surface area contributed by atoms with Crippen LogP contribution in [0.1, 0.15) is 109 Å². The maximum absolute atomic E-state index is 3.20. The van der Waals surface area contributed by atoms with Crippen molar-refractivity contribution in [3.63, 3.8) is 0 Å². The van der Waals surface area contributed by atoms with Gasteiger partial charge in [0, 0.05) is 36.0 Å². The van der Waals surface area contributed by atoms with E-state index in [-0.39, 0.29) is 0 Å². The first-order valence-corrected chi connectivity index (χ1v) is 15.9. The normalized spacial score (nSPS) is 7.84. The van der Waals surface area contributed by atoms with E-state index in [2.05, 4.69) is 71.0 Å². The van der Waals surface area contributed by atoms with Gasteiger partial charge in [0.05, 0.1) is 19.3 Å². The van der Waals surface area contributed by atoms with Gasteiger partial charge >= 0.3 is 0 Å². The molecule has 0 aliphatic carbocycles. The summed E-state index contributed by atoms with van der Waals surface area (Å²) >= 11 is 0. The van der Waals surface area contributed by atoms with Gasteiger partial charge in [0.15, 0.2) is 0 Å². The second kappa shape index (κ2) is 32.5. The van der Waals surface area contributed by atoms with Gasteiger partial charge in [-0.1, -0.05) is 149 Å². The molecule has 0 radical (unpaired) electrons. The van der Waals surface area contributed by atoms with E-state index in [9.17, 15) is 0 Å². The van der Waals surface area contributed by atoms with Crippen LogP contribution in [0, 0.1) is 71.0 Å². The van der Waals surface area contributed by atoms with E-state index >= 15 is 0 Å². The lowest BCUT2D eigenvalue weighted by Crippen LogP contribution is -1.76. The first-order chi connectivity index (χ1) is 21.9. The highest BCUT2D eigenvalue weighted by Crippen LogP contribution is 2.02. The van der Waals surface area contributed by atoms with Crippen molar-refractivity contribution in [2.75, 3.05) is 0 Å². The van der Waals surface area contributed by atoms with Crippen LogP contribution in [0.15, 0.2) is 91.0 Å². The number of rotatable bonds is 4. The third-order valence-electron chi connectivity index (χ3n) is 5.21. The first kappa shape index (κ1) is 39.0. The van der Waals surface area contributed by atoms with Crippen LogP contribution >= 0.6 is 0 Å². The Kier molecular flexibility index (Phi) is 28.9. The molecule has 0 fully saturated rings. The molecule has 3 aromatic carbocycles. The molecule has 0 saturated carbocycles. The van der Waals surface area contributed by atoms with E-state index in [4.69, 9.17) is 0 Å². The highest BCUT2D eigenvalue weighted by atomic mass is 13.9. The Morgan fingerprint density at radius 3 is 1.00 bits per heavy atom. The van der Waals surface area contributed by atoms with Crippen LogP contribution in [0.25, 0.3) is 0 Å². The van der Waals surface area contributed by atoms with Gasteiger partial charge in [-0.05, 0) is 49.2 Å². The lowest BCUT2D eigenvalue weighted by atomic mass is 10.1. The van der Waals surface area contributed by atoms with E-state index in [1.807, 2.05) is 126 Å². The number of hydrogen-bond acceptors (Lipinski definition) is 0. The highest BCUT2D eigenvalue weighted by Gasteiger charge is 1.86. The van der Waals surface area contributed by atoms with Crippen LogP contribution in [-0.2, 0) is 0 Å². The zero-order valence-electron chi connectivity index (χ0n) is 27.5. The molecule has 44 heavy (non-hydrogen) atoms. The smallest absolute Gasteiger partial charge is 0.0706 e. The van der Waals surface area contributed by atoms with Crippen molar-refractivity contribution in [2.24, 2.45) is 0 Å².